The first kappa shape index (κ1) is 19.3. The molecule has 2 heterocycles. The number of anilines is 1. The minimum Gasteiger partial charge on any atom is -0.475 e. The van der Waals surface area contributed by atoms with E-state index < -0.39 is 10.0 Å². The third kappa shape index (κ3) is 5.27. The van der Waals surface area contributed by atoms with Gasteiger partial charge in [0.1, 0.15) is 0 Å². The third-order valence-corrected chi connectivity index (χ3v) is 6.13. The van der Waals surface area contributed by atoms with Crippen molar-refractivity contribution in [1.82, 2.24) is 9.97 Å². The van der Waals surface area contributed by atoms with Crippen molar-refractivity contribution in [2.75, 3.05) is 11.3 Å². The smallest absolute Gasteiger partial charge is 0.263 e. The minimum absolute atomic E-state index is 0.0846. The average molecular weight is 404 g/mol. The van der Waals surface area contributed by atoms with Crippen LogP contribution in [0.2, 0.25) is 0 Å². The van der Waals surface area contributed by atoms with Crippen molar-refractivity contribution < 1.29 is 13.2 Å². The van der Waals surface area contributed by atoms with Crippen LogP contribution in [-0.2, 0) is 22.9 Å². The monoisotopic (exact) mass is 403 g/mol. The Bertz CT molecular complexity index is 956. The van der Waals surface area contributed by atoms with Gasteiger partial charge in [-0.25, -0.2) is 18.4 Å². The first-order valence-electron chi connectivity index (χ1n) is 8.66. The number of aryl methyl sites for hydroxylation is 1. The Morgan fingerprint density at radius 3 is 2.56 bits per heavy atom. The molecule has 8 heteroatoms. The molecular weight excluding hydrogens is 382 g/mol. The molecule has 2 aromatic heterocycles. The molecule has 1 N–H and O–H groups in total. The number of aromatic nitrogens is 2. The summed E-state index contributed by atoms with van der Waals surface area (Å²) in [4.78, 5) is 9.55. The van der Waals surface area contributed by atoms with Crippen molar-refractivity contribution >= 4 is 27.2 Å². The van der Waals surface area contributed by atoms with E-state index in [9.17, 15) is 8.42 Å². The highest BCUT2D eigenvalue weighted by atomic mass is 32.2. The van der Waals surface area contributed by atoms with Gasteiger partial charge in [0.15, 0.2) is 0 Å². The zero-order chi connectivity index (χ0) is 19.1. The van der Waals surface area contributed by atoms with E-state index in [0.717, 1.165) is 24.8 Å². The van der Waals surface area contributed by atoms with Gasteiger partial charge in [0.2, 0.25) is 5.82 Å². The van der Waals surface area contributed by atoms with Crippen LogP contribution in [0.3, 0.4) is 0 Å². The number of nitrogens with one attached hydrogen (secondary N) is 1. The lowest BCUT2D eigenvalue weighted by Crippen LogP contribution is -2.16. The van der Waals surface area contributed by atoms with Gasteiger partial charge in [0.05, 0.1) is 11.5 Å². The molecule has 0 aliphatic carbocycles. The van der Waals surface area contributed by atoms with Crippen LogP contribution in [-0.4, -0.2) is 25.0 Å². The fourth-order valence-electron chi connectivity index (χ4n) is 2.51. The lowest BCUT2D eigenvalue weighted by Gasteiger charge is -2.11. The number of benzene rings is 1. The normalized spacial score (nSPS) is 11.3. The molecule has 1 aromatic carbocycles. The maximum Gasteiger partial charge on any atom is 0.263 e. The van der Waals surface area contributed by atoms with Crippen LogP contribution in [0, 0.1) is 0 Å². The average Bonchev–Trinajstić information content (AvgIpc) is 3.17. The molecule has 0 radical (unpaired) electrons. The summed E-state index contributed by atoms with van der Waals surface area (Å²) in [6, 6.07) is 10.9. The van der Waals surface area contributed by atoms with Gasteiger partial charge >= 0.3 is 0 Å². The van der Waals surface area contributed by atoms with E-state index in [1.165, 1.54) is 17.3 Å². The molecule has 3 aromatic rings. The van der Waals surface area contributed by atoms with Crippen LogP contribution in [0.5, 0.6) is 5.88 Å². The highest BCUT2D eigenvalue weighted by molar-refractivity contribution is 7.92. The van der Waals surface area contributed by atoms with Crippen LogP contribution in [0.1, 0.15) is 23.8 Å². The third-order valence-electron chi connectivity index (χ3n) is 3.84. The van der Waals surface area contributed by atoms with Crippen LogP contribution < -0.4 is 9.46 Å². The van der Waals surface area contributed by atoms with Gasteiger partial charge < -0.3 is 4.74 Å². The zero-order valence-corrected chi connectivity index (χ0v) is 16.6. The Morgan fingerprint density at radius 1 is 1.07 bits per heavy atom. The summed E-state index contributed by atoms with van der Waals surface area (Å²) in [5.41, 5.74) is 1.11. The number of hydrogen-bond donors (Lipinski definition) is 1. The maximum atomic E-state index is 12.7. The lowest BCUT2D eigenvalue weighted by molar-refractivity contribution is 0.311. The Kier molecular flexibility index (Phi) is 6.41. The van der Waals surface area contributed by atoms with Crippen LogP contribution in [0.15, 0.2) is 59.1 Å². The molecule has 0 spiro atoms. The highest BCUT2D eigenvalue weighted by Crippen LogP contribution is 2.22. The van der Waals surface area contributed by atoms with Gasteiger partial charge in [-0.05, 0) is 35.6 Å². The predicted molar refractivity (Wildman–Crippen MR) is 107 cm³/mol. The summed E-state index contributed by atoms with van der Waals surface area (Å²) in [7, 11) is -3.77. The second-order valence-electron chi connectivity index (χ2n) is 5.89. The Morgan fingerprint density at radius 2 is 1.85 bits per heavy atom. The summed E-state index contributed by atoms with van der Waals surface area (Å²) in [6.07, 6.45) is 5.54. The molecule has 142 valence electrons. The molecule has 0 atom stereocenters. The second-order valence-corrected chi connectivity index (χ2v) is 8.60. The summed E-state index contributed by atoms with van der Waals surface area (Å²) in [5, 5.41) is 2.00. The second kappa shape index (κ2) is 8.96. The van der Waals surface area contributed by atoms with E-state index in [0.29, 0.717) is 6.61 Å². The topological polar surface area (TPSA) is 81.2 Å². The van der Waals surface area contributed by atoms with E-state index in [4.69, 9.17) is 4.74 Å². The Balaban J connectivity index is 1.70. The highest BCUT2D eigenvalue weighted by Gasteiger charge is 2.18. The van der Waals surface area contributed by atoms with Gasteiger partial charge in [0.25, 0.3) is 15.9 Å². The quantitative estimate of drug-likeness (QED) is 0.586. The van der Waals surface area contributed by atoms with Crippen molar-refractivity contribution in [2.24, 2.45) is 0 Å². The first-order valence-corrected chi connectivity index (χ1v) is 11.0. The number of ether oxygens (including phenoxy) is 1. The lowest BCUT2D eigenvalue weighted by atomic mass is 10.1. The van der Waals surface area contributed by atoms with E-state index in [1.54, 1.807) is 23.5 Å². The zero-order valence-electron chi connectivity index (χ0n) is 15.0. The molecule has 0 aliphatic heterocycles. The van der Waals surface area contributed by atoms with E-state index in [2.05, 4.69) is 21.6 Å². The number of thiophene rings is 1. The van der Waals surface area contributed by atoms with Crippen molar-refractivity contribution in [3.63, 3.8) is 0 Å². The standard InChI is InChI=1S/C19H21N3O3S2/c1-2-4-15-6-8-17(9-7-15)27(23,24)22-18-19(21-12-11-20-18)25-13-10-16-5-3-14-26-16/h3,5-9,11-12,14H,2,4,10,13H2,1H3,(H,20,22). The number of hydrogen-bond acceptors (Lipinski definition) is 6. The predicted octanol–water partition coefficient (Wildman–Crippen LogP) is 3.91. The molecular formula is C19H21N3O3S2. The van der Waals surface area contributed by atoms with Gasteiger partial charge in [-0.1, -0.05) is 31.5 Å². The fraction of sp³-hybridized carbons (Fsp3) is 0.263. The van der Waals surface area contributed by atoms with Crippen molar-refractivity contribution in [3.05, 3.63) is 64.6 Å². The molecule has 0 aliphatic rings. The number of rotatable bonds is 9. The van der Waals surface area contributed by atoms with E-state index >= 15 is 0 Å². The van der Waals surface area contributed by atoms with Gasteiger partial charge in [-0.15, -0.1) is 11.3 Å². The first-order chi connectivity index (χ1) is 13.1. The minimum atomic E-state index is -3.77. The number of nitrogens with zero attached hydrogens (tertiary/aromatic N) is 2. The van der Waals surface area contributed by atoms with Gasteiger partial charge in [0, 0.05) is 23.7 Å². The summed E-state index contributed by atoms with van der Waals surface area (Å²) in [6.45, 7) is 2.47. The molecule has 0 bridgehead atoms. The molecule has 0 amide bonds. The Labute approximate surface area is 163 Å². The largest absolute Gasteiger partial charge is 0.475 e. The molecule has 0 saturated heterocycles. The van der Waals surface area contributed by atoms with Gasteiger partial charge in [-0.2, -0.15) is 0 Å². The van der Waals surface area contributed by atoms with Gasteiger partial charge in [-0.3, -0.25) is 4.72 Å². The Hall–Kier alpha value is -2.45. The molecule has 3 rings (SSSR count). The summed E-state index contributed by atoms with van der Waals surface area (Å²) in [5.74, 6) is 0.251. The van der Waals surface area contributed by atoms with Crippen LogP contribution >= 0.6 is 11.3 Å². The van der Waals surface area contributed by atoms with Crippen molar-refractivity contribution in [2.45, 2.75) is 31.1 Å². The number of sulfonamides is 1. The van der Waals surface area contributed by atoms with Crippen molar-refractivity contribution in [1.29, 1.82) is 0 Å². The van der Waals surface area contributed by atoms with Crippen LogP contribution in [0.25, 0.3) is 0 Å². The maximum absolute atomic E-state index is 12.7. The molecule has 0 unspecified atom stereocenters. The van der Waals surface area contributed by atoms with Crippen molar-refractivity contribution in [3.8, 4) is 5.88 Å². The fourth-order valence-corrected chi connectivity index (χ4v) is 4.21. The SMILES string of the molecule is CCCc1ccc(S(=O)(=O)Nc2nccnc2OCCc2cccs2)cc1. The molecule has 0 saturated carbocycles. The van der Waals surface area contributed by atoms with E-state index in [-0.39, 0.29) is 16.6 Å². The summed E-state index contributed by atoms with van der Waals surface area (Å²) < 4.78 is 33.4. The molecule has 6 nitrogen and oxygen atoms in total. The van der Waals surface area contributed by atoms with Crippen LogP contribution in [0.4, 0.5) is 5.82 Å². The molecule has 27 heavy (non-hydrogen) atoms. The molecule has 0 fully saturated rings. The summed E-state index contributed by atoms with van der Waals surface area (Å²) >= 11 is 1.65. The van der Waals surface area contributed by atoms with E-state index in [1.807, 2.05) is 29.6 Å².